The molecule has 8 heavy (non-hydrogen) atoms. The van der Waals surface area contributed by atoms with Crippen molar-refractivity contribution in [1.29, 1.82) is 0 Å². The highest BCUT2D eigenvalue weighted by Gasteiger charge is 2.18. The smallest absolute Gasteiger partial charge is 0.0552 e. The summed E-state index contributed by atoms with van der Waals surface area (Å²) in [5.41, 5.74) is 0. The van der Waals surface area contributed by atoms with Gasteiger partial charge >= 0.3 is 0 Å². The summed E-state index contributed by atoms with van der Waals surface area (Å²) in [4.78, 5) is 0. The Morgan fingerprint density at radius 2 is 2.50 bits per heavy atom. The van der Waals surface area contributed by atoms with Crippen molar-refractivity contribution in [2.24, 2.45) is 5.92 Å². The molecular weight excluding hydrogens is 102 g/mol. The zero-order valence-electron chi connectivity index (χ0n) is 5.22. The lowest BCUT2D eigenvalue weighted by Crippen LogP contribution is -2.19. The van der Waals surface area contributed by atoms with E-state index in [2.05, 4.69) is 5.32 Å². The third-order valence-corrected chi connectivity index (χ3v) is 1.78. The van der Waals surface area contributed by atoms with E-state index in [4.69, 9.17) is 5.11 Å². The molecule has 1 aliphatic heterocycles. The van der Waals surface area contributed by atoms with Crippen LogP contribution in [0.3, 0.4) is 0 Å². The molecule has 1 aliphatic rings. The van der Waals surface area contributed by atoms with Crippen LogP contribution in [0, 0.1) is 5.92 Å². The monoisotopic (exact) mass is 115 g/mol. The zero-order chi connectivity index (χ0) is 5.98. The highest BCUT2D eigenvalue weighted by atomic mass is 16.3. The van der Waals surface area contributed by atoms with Gasteiger partial charge in [0, 0.05) is 6.54 Å². The highest BCUT2D eigenvalue weighted by Crippen LogP contribution is 2.10. The van der Waals surface area contributed by atoms with Crippen molar-refractivity contribution in [3.63, 3.8) is 0 Å². The first-order valence-corrected chi connectivity index (χ1v) is 3.19. The summed E-state index contributed by atoms with van der Waals surface area (Å²) in [6, 6.07) is 0. The molecule has 2 atom stereocenters. The number of aliphatic hydroxyl groups is 1. The van der Waals surface area contributed by atoms with Gasteiger partial charge in [-0.3, -0.25) is 0 Å². The average molecular weight is 115 g/mol. The molecule has 0 bridgehead atoms. The fourth-order valence-corrected chi connectivity index (χ4v) is 1.09. The van der Waals surface area contributed by atoms with E-state index in [1.165, 1.54) is 0 Å². The summed E-state index contributed by atoms with van der Waals surface area (Å²) in [5.74, 6) is 0.509. The summed E-state index contributed by atoms with van der Waals surface area (Å²) >= 11 is 0. The Bertz CT molecular complexity index is 66.9. The van der Waals surface area contributed by atoms with Crippen molar-refractivity contribution in [2.45, 2.75) is 19.4 Å². The molecule has 0 aliphatic carbocycles. The molecule has 1 rings (SSSR count). The van der Waals surface area contributed by atoms with Crippen LogP contribution < -0.4 is 5.32 Å². The van der Waals surface area contributed by atoms with E-state index in [1.54, 1.807) is 0 Å². The van der Waals surface area contributed by atoms with E-state index >= 15 is 0 Å². The summed E-state index contributed by atoms with van der Waals surface area (Å²) in [6.45, 7) is 3.94. The second kappa shape index (κ2) is 2.46. The van der Waals surface area contributed by atoms with Crippen molar-refractivity contribution in [3.8, 4) is 0 Å². The Morgan fingerprint density at radius 3 is 2.75 bits per heavy atom. The van der Waals surface area contributed by atoms with Crippen molar-refractivity contribution in [3.05, 3.63) is 0 Å². The maximum Gasteiger partial charge on any atom is 0.0552 e. The molecule has 2 N–H and O–H groups in total. The minimum absolute atomic E-state index is 0.120. The van der Waals surface area contributed by atoms with Gasteiger partial charge in [-0.2, -0.15) is 0 Å². The largest absolute Gasteiger partial charge is 0.393 e. The standard InChI is InChI=1S/C6H13NO/c1-5(8)6-2-3-7-4-6/h5-8H,2-4H2,1H3. The number of hydrogen-bond donors (Lipinski definition) is 2. The SMILES string of the molecule is CC(O)C1CCNC1. The van der Waals surface area contributed by atoms with Crippen LogP contribution in [0.15, 0.2) is 0 Å². The van der Waals surface area contributed by atoms with Gasteiger partial charge in [-0.15, -0.1) is 0 Å². The molecule has 0 aromatic heterocycles. The molecule has 0 radical (unpaired) electrons. The molecule has 0 amide bonds. The molecule has 1 heterocycles. The normalized spacial score (nSPS) is 33.0. The maximum atomic E-state index is 9.01. The predicted molar refractivity (Wildman–Crippen MR) is 32.7 cm³/mol. The van der Waals surface area contributed by atoms with E-state index in [1.807, 2.05) is 6.92 Å². The van der Waals surface area contributed by atoms with Gasteiger partial charge in [0.05, 0.1) is 6.10 Å². The third-order valence-electron chi connectivity index (χ3n) is 1.78. The van der Waals surface area contributed by atoms with Crippen molar-refractivity contribution in [1.82, 2.24) is 5.32 Å². The van der Waals surface area contributed by atoms with Gasteiger partial charge < -0.3 is 10.4 Å². The molecule has 2 heteroatoms. The minimum atomic E-state index is -0.120. The maximum absolute atomic E-state index is 9.01. The van der Waals surface area contributed by atoms with Crippen molar-refractivity contribution < 1.29 is 5.11 Å². The Balaban J connectivity index is 2.24. The van der Waals surface area contributed by atoms with Gasteiger partial charge in [0.15, 0.2) is 0 Å². The summed E-state index contributed by atoms with van der Waals surface area (Å²) in [7, 11) is 0. The first kappa shape index (κ1) is 6.05. The Labute approximate surface area is 49.9 Å². The van der Waals surface area contributed by atoms with Crippen LogP contribution in [0.4, 0.5) is 0 Å². The molecule has 0 aromatic rings. The topological polar surface area (TPSA) is 32.3 Å². The fourth-order valence-electron chi connectivity index (χ4n) is 1.09. The third kappa shape index (κ3) is 1.20. The number of aliphatic hydroxyl groups excluding tert-OH is 1. The van der Waals surface area contributed by atoms with E-state index in [0.29, 0.717) is 5.92 Å². The van der Waals surface area contributed by atoms with Crippen LogP contribution in [-0.4, -0.2) is 24.3 Å². The van der Waals surface area contributed by atoms with E-state index in [-0.39, 0.29) is 6.10 Å². The molecule has 1 fully saturated rings. The summed E-state index contributed by atoms with van der Waals surface area (Å²) in [6.07, 6.45) is 1.02. The van der Waals surface area contributed by atoms with Crippen LogP contribution in [0.1, 0.15) is 13.3 Å². The first-order valence-electron chi connectivity index (χ1n) is 3.19. The van der Waals surface area contributed by atoms with E-state index < -0.39 is 0 Å². The average Bonchev–Trinajstić information content (AvgIpc) is 2.12. The van der Waals surface area contributed by atoms with Gasteiger partial charge in [-0.25, -0.2) is 0 Å². The van der Waals surface area contributed by atoms with E-state index in [9.17, 15) is 0 Å². The van der Waals surface area contributed by atoms with Gasteiger partial charge in [-0.1, -0.05) is 0 Å². The Morgan fingerprint density at radius 1 is 1.75 bits per heavy atom. The first-order chi connectivity index (χ1) is 3.80. The molecule has 2 unspecified atom stereocenters. The summed E-state index contributed by atoms with van der Waals surface area (Å²) < 4.78 is 0. The van der Waals surface area contributed by atoms with Crippen molar-refractivity contribution >= 4 is 0 Å². The second-order valence-electron chi connectivity index (χ2n) is 2.49. The van der Waals surface area contributed by atoms with Crippen LogP contribution in [0.5, 0.6) is 0 Å². The molecular formula is C6H13NO. The quantitative estimate of drug-likeness (QED) is 0.503. The fraction of sp³-hybridized carbons (Fsp3) is 1.00. The Kier molecular flexibility index (Phi) is 1.86. The van der Waals surface area contributed by atoms with Crippen LogP contribution in [0.2, 0.25) is 0 Å². The highest BCUT2D eigenvalue weighted by molar-refractivity contribution is 4.74. The molecule has 0 spiro atoms. The van der Waals surface area contributed by atoms with Crippen LogP contribution >= 0.6 is 0 Å². The zero-order valence-corrected chi connectivity index (χ0v) is 5.22. The van der Waals surface area contributed by atoms with E-state index in [0.717, 1.165) is 19.5 Å². The number of hydrogen-bond acceptors (Lipinski definition) is 2. The lowest BCUT2D eigenvalue weighted by molar-refractivity contribution is 0.136. The van der Waals surface area contributed by atoms with Crippen LogP contribution in [-0.2, 0) is 0 Å². The molecule has 1 saturated heterocycles. The molecule has 48 valence electrons. The lowest BCUT2D eigenvalue weighted by atomic mass is 10.0. The Hall–Kier alpha value is -0.0800. The predicted octanol–water partition coefficient (Wildman–Crippen LogP) is -0.0233. The lowest BCUT2D eigenvalue weighted by Gasteiger charge is -2.09. The van der Waals surface area contributed by atoms with Gasteiger partial charge in [-0.05, 0) is 25.8 Å². The summed E-state index contributed by atoms with van der Waals surface area (Å²) in [5, 5.41) is 12.2. The van der Waals surface area contributed by atoms with Gasteiger partial charge in [0.2, 0.25) is 0 Å². The van der Waals surface area contributed by atoms with Crippen molar-refractivity contribution in [2.75, 3.05) is 13.1 Å². The molecule has 0 aromatic carbocycles. The van der Waals surface area contributed by atoms with Crippen LogP contribution in [0.25, 0.3) is 0 Å². The second-order valence-corrected chi connectivity index (χ2v) is 2.49. The number of rotatable bonds is 1. The van der Waals surface area contributed by atoms with Gasteiger partial charge in [0.25, 0.3) is 0 Å². The minimum Gasteiger partial charge on any atom is -0.393 e. The molecule has 0 saturated carbocycles. The number of nitrogens with one attached hydrogen (secondary N) is 1. The molecule has 2 nitrogen and oxygen atoms in total. The van der Waals surface area contributed by atoms with Gasteiger partial charge in [0.1, 0.15) is 0 Å².